The molecule has 0 saturated carbocycles. The zero-order valence-corrected chi connectivity index (χ0v) is 17.8. The van der Waals surface area contributed by atoms with Gasteiger partial charge in [0.1, 0.15) is 11.6 Å². The van der Waals surface area contributed by atoms with Crippen molar-refractivity contribution in [3.05, 3.63) is 29.6 Å². The highest BCUT2D eigenvalue weighted by atomic mass is 19.4. The van der Waals surface area contributed by atoms with Gasteiger partial charge in [-0.2, -0.15) is 13.2 Å². The number of alkyl halides is 3. The number of rotatable bonds is 6. The summed E-state index contributed by atoms with van der Waals surface area (Å²) in [5.41, 5.74) is -3.95. The zero-order chi connectivity index (χ0) is 22.2. The largest absolute Gasteiger partial charge is 0.496 e. The van der Waals surface area contributed by atoms with Gasteiger partial charge in [0.15, 0.2) is 5.60 Å². The Morgan fingerprint density at radius 1 is 1.21 bits per heavy atom. The van der Waals surface area contributed by atoms with Crippen molar-refractivity contribution in [3.8, 4) is 5.75 Å². The van der Waals surface area contributed by atoms with Gasteiger partial charge >= 0.3 is 6.18 Å². The molecule has 1 N–H and O–H groups in total. The van der Waals surface area contributed by atoms with Crippen molar-refractivity contribution < 1.29 is 32.1 Å². The average Bonchev–Trinajstić information content (AvgIpc) is 2.58. The number of nitrogens with zero attached hydrogens (tertiary/aromatic N) is 1. The number of aliphatic hydroxyl groups is 1. The molecule has 0 aliphatic carbocycles. The van der Waals surface area contributed by atoms with E-state index in [1.54, 1.807) is 32.6 Å². The smallest absolute Gasteiger partial charge is 0.418 e. The lowest BCUT2D eigenvalue weighted by molar-refractivity contribution is -0.289. The monoisotopic (exact) mass is 421 g/mol. The highest BCUT2D eigenvalue weighted by Crippen LogP contribution is 2.46. The maximum atomic E-state index is 14.2. The van der Waals surface area contributed by atoms with Crippen LogP contribution in [0.15, 0.2) is 18.2 Å². The standard InChI is InChI=1S/C21H31F4NO3/c1-13-10-26(11-14(2)29-13)15(3)20(27,21(23,24)25)12-19(4,5)17-9-16(22)7-8-18(17)28-6/h7-9,13-15,27H,10-12H2,1-6H3. The van der Waals surface area contributed by atoms with Gasteiger partial charge in [0, 0.05) is 24.7 Å². The van der Waals surface area contributed by atoms with Crippen LogP contribution in [-0.4, -0.2) is 60.2 Å². The molecule has 4 nitrogen and oxygen atoms in total. The second-order valence-corrected chi connectivity index (χ2v) is 8.71. The van der Waals surface area contributed by atoms with Gasteiger partial charge in [-0.1, -0.05) is 13.8 Å². The summed E-state index contributed by atoms with van der Waals surface area (Å²) in [5.74, 6) is -0.296. The fraction of sp³-hybridized carbons (Fsp3) is 0.714. The van der Waals surface area contributed by atoms with Crippen LogP contribution in [0.4, 0.5) is 17.6 Å². The molecular formula is C21H31F4NO3. The Hall–Kier alpha value is -1.38. The molecule has 1 saturated heterocycles. The highest BCUT2D eigenvalue weighted by Gasteiger charge is 2.60. The molecule has 1 aromatic rings. The molecule has 29 heavy (non-hydrogen) atoms. The maximum Gasteiger partial charge on any atom is 0.418 e. The summed E-state index contributed by atoms with van der Waals surface area (Å²) in [5, 5.41) is 11.0. The van der Waals surface area contributed by atoms with E-state index in [2.05, 4.69) is 0 Å². The molecule has 4 unspecified atom stereocenters. The van der Waals surface area contributed by atoms with Crippen molar-refractivity contribution in [2.24, 2.45) is 0 Å². The maximum absolute atomic E-state index is 14.2. The van der Waals surface area contributed by atoms with E-state index in [1.165, 1.54) is 32.2 Å². The van der Waals surface area contributed by atoms with Crippen LogP contribution < -0.4 is 4.74 Å². The summed E-state index contributed by atoms with van der Waals surface area (Å²) in [6.45, 7) is 8.65. The van der Waals surface area contributed by atoms with E-state index in [-0.39, 0.29) is 36.6 Å². The number of ether oxygens (including phenoxy) is 2. The van der Waals surface area contributed by atoms with E-state index < -0.39 is 35.5 Å². The molecule has 0 bridgehead atoms. The van der Waals surface area contributed by atoms with E-state index in [9.17, 15) is 22.7 Å². The number of hydrogen-bond acceptors (Lipinski definition) is 4. The summed E-state index contributed by atoms with van der Waals surface area (Å²) in [4.78, 5) is 1.62. The van der Waals surface area contributed by atoms with Crippen LogP contribution >= 0.6 is 0 Å². The molecule has 166 valence electrons. The minimum atomic E-state index is -4.88. The first-order valence-electron chi connectivity index (χ1n) is 9.74. The second-order valence-electron chi connectivity index (χ2n) is 8.71. The van der Waals surface area contributed by atoms with E-state index in [1.807, 2.05) is 0 Å². The molecule has 1 fully saturated rings. The molecule has 0 spiro atoms. The highest BCUT2D eigenvalue weighted by molar-refractivity contribution is 5.40. The fourth-order valence-corrected chi connectivity index (χ4v) is 4.30. The summed E-state index contributed by atoms with van der Waals surface area (Å²) in [6, 6.07) is 2.52. The predicted molar refractivity (Wildman–Crippen MR) is 103 cm³/mol. The van der Waals surface area contributed by atoms with Crippen molar-refractivity contribution in [2.75, 3.05) is 20.2 Å². The van der Waals surface area contributed by atoms with Crippen molar-refractivity contribution in [1.82, 2.24) is 4.90 Å². The number of benzene rings is 1. The molecule has 4 atom stereocenters. The lowest BCUT2D eigenvalue weighted by Crippen LogP contribution is -2.64. The first-order chi connectivity index (χ1) is 13.2. The first kappa shape index (κ1) is 23.9. The molecule has 1 aliphatic heterocycles. The fourth-order valence-electron chi connectivity index (χ4n) is 4.30. The summed E-state index contributed by atoms with van der Waals surface area (Å²) in [6.07, 6.45) is -6.01. The van der Waals surface area contributed by atoms with Crippen LogP contribution in [0.1, 0.15) is 46.6 Å². The van der Waals surface area contributed by atoms with Gasteiger partial charge in [0.2, 0.25) is 0 Å². The third kappa shape index (κ3) is 5.03. The van der Waals surface area contributed by atoms with Gasteiger partial charge in [-0.3, -0.25) is 4.90 Å². The lowest BCUT2D eigenvalue weighted by atomic mass is 9.72. The normalized spacial score (nSPS) is 24.8. The number of halogens is 4. The molecule has 1 heterocycles. The molecular weight excluding hydrogens is 390 g/mol. The predicted octanol–water partition coefficient (Wildman–Crippen LogP) is 4.29. The Kier molecular flexibility index (Phi) is 6.92. The van der Waals surface area contributed by atoms with E-state index >= 15 is 0 Å². The molecule has 8 heteroatoms. The van der Waals surface area contributed by atoms with Crippen LogP contribution in [0.5, 0.6) is 5.75 Å². The van der Waals surface area contributed by atoms with Gasteiger partial charge in [-0.05, 0) is 50.8 Å². The van der Waals surface area contributed by atoms with Crippen LogP contribution in [-0.2, 0) is 10.2 Å². The minimum Gasteiger partial charge on any atom is -0.496 e. The van der Waals surface area contributed by atoms with E-state index in [0.717, 1.165) is 0 Å². The van der Waals surface area contributed by atoms with Crippen molar-refractivity contribution in [2.45, 2.75) is 76.5 Å². The molecule has 0 aromatic heterocycles. The number of methoxy groups -OCH3 is 1. The lowest BCUT2D eigenvalue weighted by Gasteiger charge is -2.48. The second kappa shape index (κ2) is 8.40. The minimum absolute atomic E-state index is 0.241. The van der Waals surface area contributed by atoms with Crippen LogP contribution in [0.2, 0.25) is 0 Å². The Balaban J connectivity index is 2.43. The Labute approximate surface area is 169 Å². The SMILES string of the molecule is COc1ccc(F)cc1C(C)(C)CC(O)(C(C)N1CC(C)OC(C)C1)C(F)(F)F. The van der Waals surface area contributed by atoms with Gasteiger partial charge in [-0.25, -0.2) is 4.39 Å². The Bertz CT molecular complexity index is 700. The third-order valence-corrected chi connectivity index (χ3v) is 5.78. The number of morpholine rings is 1. The van der Waals surface area contributed by atoms with Gasteiger partial charge in [-0.15, -0.1) is 0 Å². The third-order valence-electron chi connectivity index (χ3n) is 5.78. The van der Waals surface area contributed by atoms with Crippen molar-refractivity contribution >= 4 is 0 Å². The Morgan fingerprint density at radius 2 is 1.76 bits per heavy atom. The molecule has 1 aromatic carbocycles. The summed E-state index contributed by atoms with van der Waals surface area (Å²) >= 11 is 0. The van der Waals surface area contributed by atoms with Gasteiger partial charge in [0.05, 0.1) is 19.3 Å². The molecule has 1 aliphatic rings. The van der Waals surface area contributed by atoms with Crippen LogP contribution in [0, 0.1) is 5.82 Å². The Morgan fingerprint density at radius 3 is 2.24 bits per heavy atom. The first-order valence-corrected chi connectivity index (χ1v) is 9.74. The number of hydrogen-bond donors (Lipinski definition) is 1. The molecule has 2 rings (SSSR count). The van der Waals surface area contributed by atoms with E-state index in [4.69, 9.17) is 9.47 Å². The molecule has 0 radical (unpaired) electrons. The summed E-state index contributed by atoms with van der Waals surface area (Å²) in [7, 11) is 1.38. The average molecular weight is 421 g/mol. The van der Waals surface area contributed by atoms with Gasteiger partial charge < -0.3 is 14.6 Å². The van der Waals surface area contributed by atoms with E-state index in [0.29, 0.717) is 0 Å². The van der Waals surface area contributed by atoms with Crippen molar-refractivity contribution in [3.63, 3.8) is 0 Å². The van der Waals surface area contributed by atoms with Crippen LogP contribution in [0.3, 0.4) is 0 Å². The topological polar surface area (TPSA) is 41.9 Å². The summed E-state index contributed by atoms with van der Waals surface area (Å²) < 4.78 is 67.3. The zero-order valence-electron chi connectivity index (χ0n) is 17.8. The molecule has 0 amide bonds. The quantitative estimate of drug-likeness (QED) is 0.696. The van der Waals surface area contributed by atoms with Crippen LogP contribution in [0.25, 0.3) is 0 Å². The van der Waals surface area contributed by atoms with Gasteiger partial charge in [0.25, 0.3) is 0 Å². The van der Waals surface area contributed by atoms with Crippen molar-refractivity contribution in [1.29, 1.82) is 0 Å².